The topological polar surface area (TPSA) is 39.1 Å². The molecule has 1 aromatic heterocycles. The third kappa shape index (κ3) is 6.54. The van der Waals surface area contributed by atoms with Gasteiger partial charge in [0.05, 0.1) is 6.33 Å². The molecule has 3 rings (SSSR count). The molecule has 0 fully saturated rings. The van der Waals surface area contributed by atoms with Crippen LogP contribution in [0.4, 0.5) is 0 Å². The van der Waals surface area contributed by atoms with Crippen LogP contribution in [0.2, 0.25) is 0 Å². The summed E-state index contributed by atoms with van der Waals surface area (Å²) in [5, 5.41) is 3.48. The van der Waals surface area contributed by atoms with Crippen molar-refractivity contribution in [1.29, 1.82) is 0 Å². The third-order valence-corrected chi connectivity index (χ3v) is 4.08. The standard InChI is InChI=1S/C21H25N3O.ClH/c1-18-6-8-19(9-7-18)16-25-21-5-2-4-20(14-21)15-22-10-3-12-24-13-11-23-17-24;/h2,4-9,11,13-14,17,22H,3,10,12,15-16H2,1H3;1H. The quantitative estimate of drug-likeness (QED) is 0.567. The molecule has 0 radical (unpaired) electrons. The molecule has 0 atom stereocenters. The molecular weight excluding hydrogens is 346 g/mol. The van der Waals surface area contributed by atoms with Crippen molar-refractivity contribution in [3.05, 3.63) is 83.9 Å². The second-order valence-electron chi connectivity index (χ2n) is 6.25. The average molecular weight is 372 g/mol. The Morgan fingerprint density at radius 3 is 2.69 bits per heavy atom. The minimum Gasteiger partial charge on any atom is -0.489 e. The first kappa shape index (κ1) is 20.0. The number of hydrogen-bond acceptors (Lipinski definition) is 3. The largest absolute Gasteiger partial charge is 0.489 e. The van der Waals surface area contributed by atoms with Gasteiger partial charge in [0.15, 0.2) is 0 Å². The van der Waals surface area contributed by atoms with Crippen LogP contribution in [0.1, 0.15) is 23.1 Å². The summed E-state index contributed by atoms with van der Waals surface area (Å²) in [7, 11) is 0. The van der Waals surface area contributed by atoms with Gasteiger partial charge in [-0.1, -0.05) is 42.0 Å². The highest BCUT2D eigenvalue weighted by Crippen LogP contribution is 2.15. The van der Waals surface area contributed by atoms with Crippen molar-refractivity contribution in [3.8, 4) is 5.75 Å². The number of hydrogen-bond donors (Lipinski definition) is 1. The molecule has 0 saturated heterocycles. The molecule has 0 amide bonds. The monoisotopic (exact) mass is 371 g/mol. The van der Waals surface area contributed by atoms with Gasteiger partial charge in [-0.2, -0.15) is 0 Å². The summed E-state index contributed by atoms with van der Waals surface area (Å²) in [6, 6.07) is 16.7. The molecule has 3 aromatic rings. The van der Waals surface area contributed by atoms with E-state index in [9.17, 15) is 0 Å². The maximum absolute atomic E-state index is 5.91. The van der Waals surface area contributed by atoms with Crippen molar-refractivity contribution < 1.29 is 4.74 Å². The van der Waals surface area contributed by atoms with Gasteiger partial charge in [-0.05, 0) is 43.1 Å². The Morgan fingerprint density at radius 2 is 1.92 bits per heavy atom. The highest BCUT2D eigenvalue weighted by molar-refractivity contribution is 5.85. The Hall–Kier alpha value is -2.30. The predicted octanol–water partition coefficient (Wildman–Crippen LogP) is 4.37. The van der Waals surface area contributed by atoms with E-state index in [0.29, 0.717) is 6.61 Å². The molecule has 1 N–H and O–H groups in total. The van der Waals surface area contributed by atoms with Crippen molar-refractivity contribution >= 4 is 12.4 Å². The number of benzene rings is 2. The Bertz CT molecular complexity index is 757. The van der Waals surface area contributed by atoms with Gasteiger partial charge in [-0.3, -0.25) is 0 Å². The van der Waals surface area contributed by atoms with Gasteiger partial charge in [0.2, 0.25) is 0 Å². The Balaban J connectivity index is 0.00000243. The summed E-state index contributed by atoms with van der Waals surface area (Å²) in [6.45, 7) is 5.52. The minimum absolute atomic E-state index is 0. The van der Waals surface area contributed by atoms with Crippen LogP contribution >= 0.6 is 12.4 Å². The van der Waals surface area contributed by atoms with Crippen LogP contribution in [0.25, 0.3) is 0 Å². The fourth-order valence-electron chi connectivity index (χ4n) is 2.63. The summed E-state index contributed by atoms with van der Waals surface area (Å²) in [4.78, 5) is 4.05. The maximum Gasteiger partial charge on any atom is 0.120 e. The second kappa shape index (κ2) is 10.6. The second-order valence-corrected chi connectivity index (χ2v) is 6.25. The van der Waals surface area contributed by atoms with Crippen molar-refractivity contribution in [1.82, 2.24) is 14.9 Å². The van der Waals surface area contributed by atoms with Gasteiger partial charge in [0.1, 0.15) is 12.4 Å². The van der Waals surface area contributed by atoms with Gasteiger partial charge in [0, 0.05) is 25.5 Å². The van der Waals surface area contributed by atoms with Gasteiger partial charge >= 0.3 is 0 Å². The number of aryl methyl sites for hydroxylation is 2. The summed E-state index contributed by atoms with van der Waals surface area (Å²) in [5.74, 6) is 0.915. The molecule has 26 heavy (non-hydrogen) atoms. The van der Waals surface area contributed by atoms with Crippen molar-refractivity contribution in [2.45, 2.75) is 33.0 Å². The summed E-state index contributed by atoms with van der Waals surface area (Å²) in [6.07, 6.45) is 6.75. The molecule has 138 valence electrons. The van der Waals surface area contributed by atoms with E-state index < -0.39 is 0 Å². The smallest absolute Gasteiger partial charge is 0.120 e. The summed E-state index contributed by atoms with van der Waals surface area (Å²) < 4.78 is 8.01. The first-order chi connectivity index (χ1) is 12.3. The van der Waals surface area contributed by atoms with Crippen LogP contribution in [-0.2, 0) is 19.7 Å². The van der Waals surface area contributed by atoms with Gasteiger partial charge in [0.25, 0.3) is 0 Å². The van der Waals surface area contributed by atoms with Crippen molar-refractivity contribution in [3.63, 3.8) is 0 Å². The van der Waals surface area contributed by atoms with E-state index in [-0.39, 0.29) is 12.4 Å². The zero-order valence-electron chi connectivity index (χ0n) is 15.1. The molecule has 0 unspecified atom stereocenters. The van der Waals surface area contributed by atoms with Crippen LogP contribution in [0, 0.1) is 6.92 Å². The zero-order valence-corrected chi connectivity index (χ0v) is 15.9. The fourth-order valence-corrected chi connectivity index (χ4v) is 2.63. The molecule has 0 saturated carbocycles. The Labute approximate surface area is 161 Å². The highest BCUT2D eigenvalue weighted by atomic mass is 35.5. The highest BCUT2D eigenvalue weighted by Gasteiger charge is 1.99. The molecule has 0 aliphatic heterocycles. The molecule has 0 spiro atoms. The first-order valence-corrected chi connectivity index (χ1v) is 8.73. The van der Waals surface area contributed by atoms with E-state index in [1.54, 1.807) is 0 Å². The summed E-state index contributed by atoms with van der Waals surface area (Å²) >= 11 is 0. The van der Waals surface area contributed by atoms with E-state index in [4.69, 9.17) is 4.74 Å². The first-order valence-electron chi connectivity index (χ1n) is 8.73. The average Bonchev–Trinajstić information content (AvgIpc) is 3.15. The molecule has 5 heteroatoms. The Kier molecular flexibility index (Phi) is 8.19. The van der Waals surface area contributed by atoms with Gasteiger partial charge < -0.3 is 14.6 Å². The summed E-state index contributed by atoms with van der Waals surface area (Å²) in [5.41, 5.74) is 3.70. The Morgan fingerprint density at radius 1 is 1.08 bits per heavy atom. The van der Waals surface area contributed by atoms with Crippen LogP contribution < -0.4 is 10.1 Å². The SMILES string of the molecule is Cc1ccc(COc2cccc(CNCCCn3ccnc3)c2)cc1.Cl. The minimum atomic E-state index is 0. The molecule has 0 aliphatic rings. The van der Waals surface area contributed by atoms with E-state index in [2.05, 4.69) is 58.2 Å². The van der Waals surface area contributed by atoms with Crippen LogP contribution in [0.5, 0.6) is 5.75 Å². The van der Waals surface area contributed by atoms with Crippen molar-refractivity contribution in [2.75, 3.05) is 6.54 Å². The third-order valence-electron chi connectivity index (χ3n) is 4.08. The maximum atomic E-state index is 5.91. The van der Waals surface area contributed by atoms with E-state index >= 15 is 0 Å². The van der Waals surface area contributed by atoms with E-state index in [0.717, 1.165) is 31.8 Å². The number of rotatable bonds is 9. The van der Waals surface area contributed by atoms with E-state index in [1.165, 1.54) is 16.7 Å². The zero-order chi connectivity index (χ0) is 17.3. The number of aromatic nitrogens is 2. The van der Waals surface area contributed by atoms with Gasteiger partial charge in [-0.15, -0.1) is 12.4 Å². The number of imidazole rings is 1. The lowest BCUT2D eigenvalue weighted by molar-refractivity contribution is 0.306. The molecule has 4 nitrogen and oxygen atoms in total. The van der Waals surface area contributed by atoms with Crippen LogP contribution in [-0.4, -0.2) is 16.1 Å². The van der Waals surface area contributed by atoms with E-state index in [1.807, 2.05) is 30.9 Å². The fraction of sp³-hybridized carbons (Fsp3) is 0.286. The molecular formula is C21H26ClN3O. The molecule has 1 heterocycles. The lowest BCUT2D eigenvalue weighted by atomic mass is 10.2. The predicted molar refractivity (Wildman–Crippen MR) is 108 cm³/mol. The van der Waals surface area contributed by atoms with Crippen LogP contribution in [0.3, 0.4) is 0 Å². The lowest BCUT2D eigenvalue weighted by Crippen LogP contribution is -2.16. The molecule has 0 aliphatic carbocycles. The van der Waals surface area contributed by atoms with Crippen LogP contribution in [0.15, 0.2) is 67.3 Å². The number of nitrogens with one attached hydrogen (secondary N) is 1. The molecule has 2 aromatic carbocycles. The van der Waals surface area contributed by atoms with Crippen molar-refractivity contribution in [2.24, 2.45) is 0 Å². The number of ether oxygens (including phenoxy) is 1. The lowest BCUT2D eigenvalue weighted by Gasteiger charge is -2.09. The number of nitrogens with zero attached hydrogens (tertiary/aromatic N) is 2. The van der Waals surface area contributed by atoms with Gasteiger partial charge in [-0.25, -0.2) is 4.98 Å². The number of halogens is 1. The normalized spacial score (nSPS) is 10.3. The molecule has 0 bridgehead atoms.